The Balaban J connectivity index is 1.82. The second-order valence-electron chi connectivity index (χ2n) is 6.52. The van der Waals surface area contributed by atoms with Crippen molar-refractivity contribution in [1.29, 1.82) is 0 Å². The monoisotopic (exact) mass is 416 g/mol. The maximum Gasteiger partial charge on any atom is 0.259 e. The summed E-state index contributed by atoms with van der Waals surface area (Å²) in [5.41, 5.74) is 2.27. The Bertz CT molecular complexity index is 1130. The van der Waals surface area contributed by atoms with E-state index in [2.05, 4.69) is 15.1 Å². The number of amides is 1. The molecule has 0 aliphatic heterocycles. The predicted octanol–water partition coefficient (Wildman–Crippen LogP) is 3.26. The van der Waals surface area contributed by atoms with Gasteiger partial charge in [-0.25, -0.2) is 12.8 Å². The van der Waals surface area contributed by atoms with Crippen molar-refractivity contribution in [2.75, 3.05) is 16.3 Å². The van der Waals surface area contributed by atoms with Gasteiger partial charge in [0.1, 0.15) is 5.82 Å². The molecule has 152 valence electrons. The maximum absolute atomic E-state index is 13.8. The minimum Gasteiger partial charge on any atom is -0.322 e. The number of carbonyl (C=O) groups is 1. The summed E-state index contributed by atoms with van der Waals surface area (Å²) in [6.07, 6.45) is 3.02. The van der Waals surface area contributed by atoms with E-state index in [-0.39, 0.29) is 11.4 Å². The number of benzene rings is 2. The van der Waals surface area contributed by atoms with Gasteiger partial charge in [-0.05, 0) is 30.2 Å². The van der Waals surface area contributed by atoms with Crippen molar-refractivity contribution in [3.05, 3.63) is 77.4 Å². The van der Waals surface area contributed by atoms with Crippen LogP contribution in [0.4, 0.5) is 15.8 Å². The SMILES string of the molecule is CCc1c(C(=O)Nc2ccc(F)c(NS(C)(=O)=O)c2)cnn1Cc1ccccc1. The Kier molecular flexibility index (Phi) is 5.97. The van der Waals surface area contributed by atoms with Crippen LogP contribution in [-0.4, -0.2) is 30.4 Å². The van der Waals surface area contributed by atoms with E-state index in [0.29, 0.717) is 18.5 Å². The fourth-order valence-electron chi connectivity index (χ4n) is 2.95. The minimum absolute atomic E-state index is 0.235. The molecule has 0 saturated heterocycles. The largest absolute Gasteiger partial charge is 0.322 e. The molecule has 0 spiro atoms. The average Bonchev–Trinajstić information content (AvgIpc) is 3.07. The molecule has 3 rings (SSSR count). The summed E-state index contributed by atoms with van der Waals surface area (Å²) in [5.74, 6) is -1.14. The van der Waals surface area contributed by atoms with E-state index in [1.54, 1.807) is 4.68 Å². The summed E-state index contributed by atoms with van der Waals surface area (Å²) in [4.78, 5) is 12.7. The average molecular weight is 416 g/mol. The van der Waals surface area contributed by atoms with Gasteiger partial charge >= 0.3 is 0 Å². The number of aromatic nitrogens is 2. The highest BCUT2D eigenvalue weighted by Crippen LogP contribution is 2.22. The zero-order valence-corrected chi connectivity index (χ0v) is 16.8. The molecule has 0 aliphatic rings. The van der Waals surface area contributed by atoms with E-state index in [4.69, 9.17) is 0 Å². The van der Waals surface area contributed by atoms with Gasteiger partial charge in [-0.3, -0.25) is 14.2 Å². The Morgan fingerprint density at radius 2 is 1.90 bits per heavy atom. The molecule has 0 radical (unpaired) electrons. The molecule has 0 atom stereocenters. The first-order chi connectivity index (χ1) is 13.8. The molecule has 1 aromatic heterocycles. The smallest absolute Gasteiger partial charge is 0.259 e. The molecule has 7 nitrogen and oxygen atoms in total. The number of hydrogen-bond acceptors (Lipinski definition) is 4. The lowest BCUT2D eigenvalue weighted by molar-refractivity contribution is 0.102. The molecule has 0 bridgehead atoms. The molecule has 0 unspecified atom stereocenters. The van der Waals surface area contributed by atoms with Crippen LogP contribution in [0.3, 0.4) is 0 Å². The Morgan fingerprint density at radius 1 is 1.17 bits per heavy atom. The van der Waals surface area contributed by atoms with Gasteiger partial charge in [0.25, 0.3) is 5.91 Å². The first-order valence-corrected chi connectivity index (χ1v) is 10.8. The third-order valence-corrected chi connectivity index (χ3v) is 4.81. The molecular weight excluding hydrogens is 395 g/mol. The number of nitrogens with zero attached hydrogens (tertiary/aromatic N) is 2. The van der Waals surface area contributed by atoms with Crippen molar-refractivity contribution < 1.29 is 17.6 Å². The molecule has 2 aromatic carbocycles. The third kappa shape index (κ3) is 5.20. The van der Waals surface area contributed by atoms with E-state index in [0.717, 1.165) is 23.6 Å². The van der Waals surface area contributed by atoms with E-state index < -0.39 is 21.7 Å². The van der Waals surface area contributed by atoms with Gasteiger partial charge in [0.05, 0.1) is 35.9 Å². The van der Waals surface area contributed by atoms with Gasteiger partial charge < -0.3 is 5.32 Å². The number of nitrogens with one attached hydrogen (secondary N) is 2. The molecule has 3 aromatic rings. The standard InChI is InChI=1S/C20H21FN4O3S/c1-3-19-16(12-22-25(19)13-14-7-5-4-6-8-14)20(26)23-15-9-10-17(21)18(11-15)24-29(2,27)28/h4-12,24H,3,13H2,1-2H3,(H,23,26). The number of carbonyl (C=O) groups excluding carboxylic acids is 1. The van der Waals surface area contributed by atoms with Gasteiger partial charge in [-0.2, -0.15) is 5.10 Å². The fourth-order valence-corrected chi connectivity index (χ4v) is 3.50. The first kappa shape index (κ1) is 20.5. The summed E-state index contributed by atoms with van der Waals surface area (Å²) >= 11 is 0. The van der Waals surface area contributed by atoms with Gasteiger partial charge in [-0.15, -0.1) is 0 Å². The van der Waals surface area contributed by atoms with Crippen LogP contribution in [0, 0.1) is 5.82 Å². The minimum atomic E-state index is -3.65. The van der Waals surface area contributed by atoms with Gasteiger partial charge in [-0.1, -0.05) is 37.3 Å². The summed E-state index contributed by atoms with van der Waals surface area (Å²) < 4.78 is 40.4. The molecule has 9 heteroatoms. The number of halogens is 1. The molecule has 1 amide bonds. The van der Waals surface area contributed by atoms with Crippen molar-refractivity contribution >= 4 is 27.3 Å². The highest BCUT2D eigenvalue weighted by atomic mass is 32.2. The van der Waals surface area contributed by atoms with E-state index in [9.17, 15) is 17.6 Å². The second-order valence-corrected chi connectivity index (χ2v) is 8.27. The lowest BCUT2D eigenvalue weighted by Gasteiger charge is -2.11. The molecule has 1 heterocycles. The van der Waals surface area contributed by atoms with Crippen LogP contribution < -0.4 is 10.0 Å². The quantitative estimate of drug-likeness (QED) is 0.618. The molecule has 2 N–H and O–H groups in total. The van der Waals surface area contributed by atoms with Gasteiger partial charge in [0.15, 0.2) is 0 Å². The Hall–Kier alpha value is -3.20. The van der Waals surface area contributed by atoms with Crippen LogP contribution in [0.1, 0.15) is 28.5 Å². The fraction of sp³-hybridized carbons (Fsp3) is 0.200. The summed E-state index contributed by atoms with van der Waals surface area (Å²) in [6, 6.07) is 13.5. The van der Waals surface area contributed by atoms with Crippen LogP contribution in [0.15, 0.2) is 54.7 Å². The number of anilines is 2. The van der Waals surface area contributed by atoms with E-state index in [1.165, 1.54) is 18.3 Å². The van der Waals surface area contributed by atoms with Gasteiger partial charge in [0, 0.05) is 5.69 Å². The number of sulfonamides is 1. The molecule has 29 heavy (non-hydrogen) atoms. The lowest BCUT2D eigenvalue weighted by atomic mass is 10.1. The number of hydrogen-bond donors (Lipinski definition) is 2. The van der Waals surface area contributed by atoms with E-state index in [1.807, 2.05) is 37.3 Å². The number of rotatable bonds is 7. The summed E-state index contributed by atoms with van der Waals surface area (Å²) in [5, 5.41) is 7.00. The first-order valence-electron chi connectivity index (χ1n) is 8.94. The van der Waals surface area contributed by atoms with E-state index >= 15 is 0 Å². The molecule has 0 aliphatic carbocycles. The molecule has 0 fully saturated rings. The molecule has 0 saturated carbocycles. The van der Waals surface area contributed by atoms with Crippen molar-refractivity contribution in [2.45, 2.75) is 19.9 Å². The zero-order valence-electron chi connectivity index (χ0n) is 16.0. The Morgan fingerprint density at radius 3 is 2.55 bits per heavy atom. The van der Waals surface area contributed by atoms with Crippen molar-refractivity contribution in [3.8, 4) is 0 Å². The highest BCUT2D eigenvalue weighted by molar-refractivity contribution is 7.92. The predicted molar refractivity (Wildman–Crippen MR) is 110 cm³/mol. The third-order valence-electron chi connectivity index (χ3n) is 4.22. The summed E-state index contributed by atoms with van der Waals surface area (Å²) in [7, 11) is -3.65. The molecular formula is C20H21FN4O3S. The topological polar surface area (TPSA) is 93.1 Å². The maximum atomic E-state index is 13.8. The van der Waals surface area contributed by atoms with Crippen LogP contribution in [0.25, 0.3) is 0 Å². The highest BCUT2D eigenvalue weighted by Gasteiger charge is 2.17. The lowest BCUT2D eigenvalue weighted by Crippen LogP contribution is -2.16. The summed E-state index contributed by atoms with van der Waals surface area (Å²) in [6.45, 7) is 2.47. The van der Waals surface area contributed by atoms with Crippen molar-refractivity contribution in [3.63, 3.8) is 0 Å². The normalized spacial score (nSPS) is 11.3. The van der Waals surface area contributed by atoms with Crippen LogP contribution >= 0.6 is 0 Å². The van der Waals surface area contributed by atoms with Crippen LogP contribution in [0.2, 0.25) is 0 Å². The Labute approximate surface area is 168 Å². The second kappa shape index (κ2) is 8.44. The van der Waals surface area contributed by atoms with Crippen LogP contribution in [-0.2, 0) is 23.0 Å². The van der Waals surface area contributed by atoms with Crippen LogP contribution in [0.5, 0.6) is 0 Å². The van der Waals surface area contributed by atoms with Crippen molar-refractivity contribution in [2.24, 2.45) is 0 Å². The zero-order chi connectivity index (χ0) is 21.0. The van der Waals surface area contributed by atoms with Crippen molar-refractivity contribution in [1.82, 2.24) is 9.78 Å². The van der Waals surface area contributed by atoms with Gasteiger partial charge in [0.2, 0.25) is 10.0 Å².